The first-order valence-corrected chi connectivity index (χ1v) is 6.03. The number of nitrogens with one attached hydrogen (secondary N) is 1. The summed E-state index contributed by atoms with van der Waals surface area (Å²) in [4.78, 5) is 15.5. The lowest BCUT2D eigenvalue weighted by molar-refractivity contribution is 0.102. The van der Waals surface area contributed by atoms with E-state index in [2.05, 4.69) is 26.2 Å². The molecule has 0 fully saturated rings. The summed E-state index contributed by atoms with van der Waals surface area (Å²) in [7, 11) is 0. The number of carbonyl (C=O) groups excluding carboxylic acids is 1. The average molecular weight is 309 g/mol. The van der Waals surface area contributed by atoms with Gasteiger partial charge in [0.25, 0.3) is 5.91 Å². The van der Waals surface area contributed by atoms with E-state index in [1.54, 1.807) is 6.07 Å². The smallest absolute Gasteiger partial charge is 0.257 e. The van der Waals surface area contributed by atoms with Gasteiger partial charge in [0.2, 0.25) is 0 Å². The van der Waals surface area contributed by atoms with Gasteiger partial charge >= 0.3 is 0 Å². The topological polar surface area (TPSA) is 42.0 Å². The van der Waals surface area contributed by atoms with Crippen LogP contribution in [0.1, 0.15) is 15.9 Å². The lowest BCUT2D eigenvalue weighted by Crippen LogP contribution is -2.12. The summed E-state index contributed by atoms with van der Waals surface area (Å²) < 4.78 is 13.9. The van der Waals surface area contributed by atoms with Crippen molar-refractivity contribution in [2.24, 2.45) is 0 Å². The van der Waals surface area contributed by atoms with E-state index < -0.39 is 5.82 Å². The van der Waals surface area contributed by atoms with Crippen LogP contribution >= 0.6 is 15.9 Å². The van der Waals surface area contributed by atoms with Crippen molar-refractivity contribution in [3.63, 3.8) is 0 Å². The van der Waals surface area contributed by atoms with Crippen LogP contribution in [0.3, 0.4) is 0 Å². The maximum absolute atomic E-state index is 12.9. The monoisotopic (exact) mass is 308 g/mol. The average Bonchev–Trinajstić information content (AvgIpc) is 2.34. The fraction of sp³-hybridized carbons (Fsp3) is 0.0769. The predicted molar refractivity (Wildman–Crippen MR) is 71.0 cm³/mol. The number of pyridine rings is 1. The molecule has 0 aliphatic carbocycles. The van der Waals surface area contributed by atoms with E-state index in [0.29, 0.717) is 5.69 Å². The molecule has 5 heteroatoms. The molecule has 0 saturated carbocycles. The van der Waals surface area contributed by atoms with Crippen molar-refractivity contribution >= 4 is 27.5 Å². The van der Waals surface area contributed by atoms with Crippen LogP contribution in [-0.4, -0.2) is 10.9 Å². The molecule has 0 unspecified atom stereocenters. The Labute approximate surface area is 112 Å². The minimum absolute atomic E-state index is 0.190. The van der Waals surface area contributed by atoms with E-state index in [4.69, 9.17) is 0 Å². The molecule has 0 spiro atoms. The Morgan fingerprint density at radius 1 is 1.33 bits per heavy atom. The van der Waals surface area contributed by atoms with Crippen LogP contribution in [-0.2, 0) is 0 Å². The zero-order chi connectivity index (χ0) is 13.1. The van der Waals surface area contributed by atoms with Crippen molar-refractivity contribution in [1.82, 2.24) is 4.98 Å². The largest absolute Gasteiger partial charge is 0.322 e. The summed E-state index contributed by atoms with van der Waals surface area (Å²) in [5.74, 6) is -0.918. The third kappa shape index (κ3) is 2.92. The maximum atomic E-state index is 12.9. The molecule has 3 nitrogen and oxygen atoms in total. The van der Waals surface area contributed by atoms with Crippen molar-refractivity contribution in [1.29, 1.82) is 0 Å². The van der Waals surface area contributed by atoms with Crippen LogP contribution in [0.25, 0.3) is 0 Å². The van der Waals surface area contributed by atoms with Gasteiger partial charge in [0.05, 0.1) is 11.8 Å². The molecule has 0 radical (unpaired) electrons. The van der Waals surface area contributed by atoms with Crippen molar-refractivity contribution in [2.75, 3.05) is 5.32 Å². The number of hydrogen-bond acceptors (Lipinski definition) is 2. The van der Waals surface area contributed by atoms with E-state index in [1.807, 2.05) is 19.1 Å². The number of nitrogens with zero attached hydrogens (tertiary/aromatic N) is 1. The number of carbonyl (C=O) groups is 1. The highest BCUT2D eigenvalue weighted by atomic mass is 79.9. The number of benzene rings is 1. The highest BCUT2D eigenvalue weighted by Gasteiger charge is 2.08. The van der Waals surface area contributed by atoms with Gasteiger partial charge in [-0.15, -0.1) is 0 Å². The second-order valence-corrected chi connectivity index (χ2v) is 4.66. The first kappa shape index (κ1) is 12.7. The summed E-state index contributed by atoms with van der Waals surface area (Å²) in [5.41, 5.74) is 1.85. The number of halogens is 2. The highest BCUT2D eigenvalue weighted by molar-refractivity contribution is 9.10. The molecule has 18 heavy (non-hydrogen) atoms. The standard InChI is InChI=1S/C13H10BrFN2O/c1-8-4-11(2-3-12(8)14)17-13(18)9-5-10(15)7-16-6-9/h2-7H,1H3,(H,17,18). The molecule has 2 aromatic rings. The van der Waals surface area contributed by atoms with Gasteiger partial charge in [-0.25, -0.2) is 4.39 Å². The number of aromatic nitrogens is 1. The lowest BCUT2D eigenvalue weighted by atomic mass is 10.2. The molecule has 0 saturated heterocycles. The molecule has 1 N–H and O–H groups in total. The van der Waals surface area contributed by atoms with Gasteiger partial charge in [0.1, 0.15) is 5.82 Å². The molecule has 1 heterocycles. The Morgan fingerprint density at radius 3 is 2.78 bits per heavy atom. The molecule has 1 aromatic heterocycles. The molecule has 2 rings (SSSR count). The molecule has 92 valence electrons. The normalized spacial score (nSPS) is 10.2. The molecule has 1 amide bonds. The van der Waals surface area contributed by atoms with Crippen LogP contribution in [0.15, 0.2) is 41.1 Å². The summed E-state index contributed by atoms with van der Waals surface area (Å²) >= 11 is 3.38. The van der Waals surface area contributed by atoms with E-state index >= 15 is 0 Å². The summed E-state index contributed by atoms with van der Waals surface area (Å²) in [6, 6.07) is 6.58. The minimum atomic E-state index is -0.533. The van der Waals surface area contributed by atoms with Gasteiger partial charge in [0, 0.05) is 16.4 Å². The second-order valence-electron chi connectivity index (χ2n) is 3.81. The van der Waals surface area contributed by atoms with Crippen molar-refractivity contribution in [2.45, 2.75) is 6.92 Å². The zero-order valence-electron chi connectivity index (χ0n) is 9.58. The van der Waals surface area contributed by atoms with Crippen molar-refractivity contribution in [3.8, 4) is 0 Å². The maximum Gasteiger partial charge on any atom is 0.257 e. The Hall–Kier alpha value is -1.75. The number of rotatable bonds is 2. The summed E-state index contributed by atoms with van der Waals surface area (Å²) in [6.07, 6.45) is 2.38. The Kier molecular flexibility index (Phi) is 3.72. The number of amides is 1. The fourth-order valence-corrected chi connectivity index (χ4v) is 1.71. The van der Waals surface area contributed by atoms with Crippen LogP contribution < -0.4 is 5.32 Å². The van der Waals surface area contributed by atoms with Gasteiger partial charge in [-0.1, -0.05) is 15.9 Å². The lowest BCUT2D eigenvalue weighted by Gasteiger charge is -2.06. The third-order valence-corrected chi connectivity index (χ3v) is 3.27. The van der Waals surface area contributed by atoms with Crippen LogP contribution in [0, 0.1) is 12.7 Å². The molecule has 0 aliphatic heterocycles. The van der Waals surface area contributed by atoms with Crippen molar-refractivity contribution in [3.05, 3.63) is 58.1 Å². The molecule has 0 bridgehead atoms. The molecular formula is C13H10BrFN2O. The SMILES string of the molecule is Cc1cc(NC(=O)c2cncc(F)c2)ccc1Br. The summed E-state index contributed by atoms with van der Waals surface area (Å²) in [5, 5.41) is 2.69. The van der Waals surface area contributed by atoms with E-state index in [-0.39, 0.29) is 11.5 Å². The molecule has 0 aliphatic rings. The highest BCUT2D eigenvalue weighted by Crippen LogP contribution is 2.20. The zero-order valence-corrected chi connectivity index (χ0v) is 11.2. The third-order valence-electron chi connectivity index (χ3n) is 2.38. The number of anilines is 1. The molecule has 0 atom stereocenters. The predicted octanol–water partition coefficient (Wildman–Crippen LogP) is 3.54. The van der Waals surface area contributed by atoms with Gasteiger partial charge in [-0.2, -0.15) is 0 Å². The van der Waals surface area contributed by atoms with Crippen LogP contribution in [0.2, 0.25) is 0 Å². The van der Waals surface area contributed by atoms with E-state index in [1.165, 1.54) is 6.20 Å². The van der Waals surface area contributed by atoms with Crippen LogP contribution in [0.5, 0.6) is 0 Å². The molecule has 1 aromatic carbocycles. The van der Waals surface area contributed by atoms with Gasteiger partial charge < -0.3 is 5.32 Å². The number of aryl methyl sites for hydroxylation is 1. The quantitative estimate of drug-likeness (QED) is 0.922. The Morgan fingerprint density at radius 2 is 2.11 bits per heavy atom. The second kappa shape index (κ2) is 5.27. The Bertz CT molecular complexity index is 601. The van der Waals surface area contributed by atoms with Crippen LogP contribution in [0.4, 0.5) is 10.1 Å². The van der Waals surface area contributed by atoms with E-state index in [9.17, 15) is 9.18 Å². The molecular weight excluding hydrogens is 299 g/mol. The minimum Gasteiger partial charge on any atom is -0.322 e. The first-order chi connectivity index (χ1) is 8.56. The van der Waals surface area contributed by atoms with E-state index in [0.717, 1.165) is 22.3 Å². The fourth-order valence-electron chi connectivity index (χ4n) is 1.46. The van der Waals surface area contributed by atoms with Crippen molar-refractivity contribution < 1.29 is 9.18 Å². The van der Waals surface area contributed by atoms with Gasteiger partial charge in [0.15, 0.2) is 0 Å². The first-order valence-electron chi connectivity index (χ1n) is 5.24. The Balaban J connectivity index is 2.18. The number of hydrogen-bond donors (Lipinski definition) is 1. The van der Waals surface area contributed by atoms with Gasteiger partial charge in [-0.05, 0) is 36.8 Å². The summed E-state index contributed by atoms with van der Waals surface area (Å²) in [6.45, 7) is 1.92. The van der Waals surface area contributed by atoms with Gasteiger partial charge in [-0.3, -0.25) is 9.78 Å².